The van der Waals surface area contributed by atoms with Crippen LogP contribution in [0, 0.1) is 0 Å². The number of carbonyl (C=O) groups excluding carboxylic acids is 1. The second-order valence-corrected chi connectivity index (χ2v) is 4.93. The summed E-state index contributed by atoms with van der Waals surface area (Å²) in [5.41, 5.74) is 1.10. The molecule has 2 aromatic carbocycles. The molecule has 6 heteroatoms. The molecule has 0 aliphatic carbocycles. The van der Waals surface area contributed by atoms with E-state index in [1.54, 1.807) is 36.4 Å². The van der Waals surface area contributed by atoms with Crippen molar-refractivity contribution < 1.29 is 23.0 Å². The van der Waals surface area contributed by atoms with Gasteiger partial charge in [-0.1, -0.05) is 24.3 Å². The topological polar surface area (TPSA) is 35.5 Å². The Labute approximate surface area is 128 Å². The largest absolute Gasteiger partial charge is 0.457 e. The van der Waals surface area contributed by atoms with E-state index >= 15 is 0 Å². The molecule has 21 heavy (non-hydrogen) atoms. The van der Waals surface area contributed by atoms with Crippen molar-refractivity contribution in [2.75, 3.05) is 0 Å². The summed E-state index contributed by atoms with van der Waals surface area (Å²) in [7, 11) is 0. The standard InChI is InChI=1S/C15H11BrF2O3/c16-13-4-2-1-3-12(13)14(19)20-9-10-5-7-11(8-6-10)21-15(17)18/h1-8,15H,9H2. The van der Waals surface area contributed by atoms with Gasteiger partial charge in [-0.05, 0) is 45.8 Å². The molecular formula is C15H11BrF2O3. The third-order valence-corrected chi connectivity index (χ3v) is 3.30. The first kappa shape index (κ1) is 15.4. The van der Waals surface area contributed by atoms with E-state index < -0.39 is 12.6 Å². The number of esters is 1. The Morgan fingerprint density at radius 1 is 1.10 bits per heavy atom. The van der Waals surface area contributed by atoms with Gasteiger partial charge < -0.3 is 9.47 Å². The second-order valence-electron chi connectivity index (χ2n) is 4.08. The second kappa shape index (κ2) is 7.17. The highest BCUT2D eigenvalue weighted by atomic mass is 79.9. The van der Waals surface area contributed by atoms with Crippen molar-refractivity contribution in [2.24, 2.45) is 0 Å². The number of benzene rings is 2. The van der Waals surface area contributed by atoms with Gasteiger partial charge in [0.05, 0.1) is 5.56 Å². The maximum Gasteiger partial charge on any atom is 0.387 e. The smallest absolute Gasteiger partial charge is 0.387 e. The number of alkyl halides is 2. The lowest BCUT2D eigenvalue weighted by Gasteiger charge is -2.08. The van der Waals surface area contributed by atoms with Crippen LogP contribution in [0.5, 0.6) is 5.75 Å². The Hall–Kier alpha value is -1.95. The van der Waals surface area contributed by atoms with Gasteiger partial charge in [0.25, 0.3) is 0 Å². The molecule has 0 aromatic heterocycles. The minimum atomic E-state index is -2.86. The molecule has 0 aliphatic rings. The number of hydrogen-bond donors (Lipinski definition) is 0. The number of halogens is 3. The average molecular weight is 357 g/mol. The van der Waals surface area contributed by atoms with Crippen LogP contribution in [0.15, 0.2) is 53.0 Å². The maximum atomic E-state index is 12.0. The van der Waals surface area contributed by atoms with E-state index in [4.69, 9.17) is 4.74 Å². The molecule has 3 nitrogen and oxygen atoms in total. The summed E-state index contributed by atoms with van der Waals surface area (Å²) in [4.78, 5) is 11.9. The van der Waals surface area contributed by atoms with E-state index in [9.17, 15) is 13.6 Å². The van der Waals surface area contributed by atoms with Crippen LogP contribution in [0.25, 0.3) is 0 Å². The molecule has 2 rings (SSSR count). The van der Waals surface area contributed by atoms with E-state index in [0.717, 1.165) is 0 Å². The summed E-state index contributed by atoms with van der Waals surface area (Å²) in [5, 5.41) is 0. The van der Waals surface area contributed by atoms with Gasteiger partial charge in [0.1, 0.15) is 12.4 Å². The SMILES string of the molecule is O=C(OCc1ccc(OC(F)F)cc1)c1ccccc1Br. The fourth-order valence-electron chi connectivity index (χ4n) is 1.62. The molecule has 0 heterocycles. The van der Waals surface area contributed by atoms with Crippen molar-refractivity contribution in [1.29, 1.82) is 0 Å². The highest BCUT2D eigenvalue weighted by molar-refractivity contribution is 9.10. The van der Waals surface area contributed by atoms with E-state index in [1.165, 1.54) is 12.1 Å². The molecule has 0 spiro atoms. The number of hydrogen-bond acceptors (Lipinski definition) is 3. The highest BCUT2D eigenvalue weighted by Crippen LogP contribution is 2.18. The Bertz CT molecular complexity index is 615. The zero-order valence-electron chi connectivity index (χ0n) is 10.8. The van der Waals surface area contributed by atoms with E-state index in [1.807, 2.05) is 0 Å². The van der Waals surface area contributed by atoms with Crippen LogP contribution in [0.3, 0.4) is 0 Å². The first-order valence-corrected chi connectivity index (χ1v) is 6.81. The Morgan fingerprint density at radius 2 is 1.76 bits per heavy atom. The minimum Gasteiger partial charge on any atom is -0.457 e. The molecule has 0 N–H and O–H groups in total. The fourth-order valence-corrected chi connectivity index (χ4v) is 2.07. The Kier molecular flexibility index (Phi) is 5.27. The molecule has 110 valence electrons. The third kappa shape index (κ3) is 4.53. The van der Waals surface area contributed by atoms with Crippen molar-refractivity contribution in [3.8, 4) is 5.75 Å². The van der Waals surface area contributed by atoms with Gasteiger partial charge in [-0.15, -0.1) is 0 Å². The fraction of sp³-hybridized carbons (Fsp3) is 0.133. The van der Waals surface area contributed by atoms with Crippen molar-refractivity contribution in [3.05, 3.63) is 64.1 Å². The van der Waals surface area contributed by atoms with Crippen LogP contribution in [0.4, 0.5) is 8.78 Å². The molecule has 0 atom stereocenters. The molecule has 0 unspecified atom stereocenters. The summed E-state index contributed by atoms with van der Waals surface area (Å²) in [6.45, 7) is -2.81. The molecule has 0 saturated heterocycles. The van der Waals surface area contributed by atoms with Crippen molar-refractivity contribution in [2.45, 2.75) is 13.2 Å². The van der Waals surface area contributed by atoms with Crippen LogP contribution in [-0.4, -0.2) is 12.6 Å². The van der Waals surface area contributed by atoms with Crippen LogP contribution in [0.1, 0.15) is 15.9 Å². The summed E-state index contributed by atoms with van der Waals surface area (Å²) < 4.78 is 34.0. The molecule has 0 radical (unpaired) electrons. The third-order valence-electron chi connectivity index (χ3n) is 2.61. The number of carbonyl (C=O) groups is 1. The number of rotatable bonds is 5. The quantitative estimate of drug-likeness (QED) is 0.744. The summed E-state index contributed by atoms with van der Waals surface area (Å²) in [6, 6.07) is 12.8. The van der Waals surface area contributed by atoms with E-state index in [0.29, 0.717) is 15.6 Å². The Balaban J connectivity index is 1.94. The minimum absolute atomic E-state index is 0.0507. The van der Waals surface area contributed by atoms with Gasteiger partial charge >= 0.3 is 12.6 Å². The first-order chi connectivity index (χ1) is 10.1. The van der Waals surface area contributed by atoms with Gasteiger partial charge in [-0.2, -0.15) is 8.78 Å². The van der Waals surface area contributed by atoms with Crippen LogP contribution < -0.4 is 4.74 Å². The predicted molar refractivity (Wildman–Crippen MR) is 76.3 cm³/mol. The first-order valence-electron chi connectivity index (χ1n) is 6.01. The molecule has 0 aliphatic heterocycles. The summed E-state index contributed by atoms with van der Waals surface area (Å²) in [5.74, 6) is -0.402. The van der Waals surface area contributed by atoms with Crippen LogP contribution in [-0.2, 0) is 11.3 Å². The molecule has 0 amide bonds. The van der Waals surface area contributed by atoms with Crippen molar-refractivity contribution in [1.82, 2.24) is 0 Å². The van der Waals surface area contributed by atoms with Crippen LogP contribution >= 0.6 is 15.9 Å². The van der Waals surface area contributed by atoms with Crippen LogP contribution in [0.2, 0.25) is 0 Å². The lowest BCUT2D eigenvalue weighted by Crippen LogP contribution is -2.06. The van der Waals surface area contributed by atoms with Gasteiger partial charge in [-0.25, -0.2) is 4.79 Å². The van der Waals surface area contributed by atoms with Crippen molar-refractivity contribution in [3.63, 3.8) is 0 Å². The van der Waals surface area contributed by atoms with Crippen molar-refractivity contribution >= 4 is 21.9 Å². The normalized spacial score (nSPS) is 10.5. The molecule has 0 fully saturated rings. The zero-order valence-corrected chi connectivity index (χ0v) is 12.3. The summed E-state index contributed by atoms with van der Waals surface area (Å²) >= 11 is 3.27. The highest BCUT2D eigenvalue weighted by Gasteiger charge is 2.11. The monoisotopic (exact) mass is 356 g/mol. The Morgan fingerprint density at radius 3 is 2.38 bits per heavy atom. The molecule has 0 saturated carbocycles. The predicted octanol–water partition coefficient (Wildman–Crippen LogP) is 4.41. The molecule has 2 aromatic rings. The number of ether oxygens (including phenoxy) is 2. The maximum absolute atomic E-state index is 12.0. The van der Waals surface area contributed by atoms with E-state index in [2.05, 4.69) is 20.7 Å². The summed E-state index contributed by atoms with van der Waals surface area (Å²) in [6.07, 6.45) is 0. The van der Waals surface area contributed by atoms with E-state index in [-0.39, 0.29) is 12.4 Å². The lowest BCUT2D eigenvalue weighted by molar-refractivity contribution is -0.0498. The lowest BCUT2D eigenvalue weighted by atomic mass is 10.2. The molecule has 0 bridgehead atoms. The van der Waals surface area contributed by atoms with Gasteiger partial charge in [0, 0.05) is 4.47 Å². The zero-order chi connectivity index (χ0) is 15.2. The van der Waals surface area contributed by atoms with Gasteiger partial charge in [0.15, 0.2) is 0 Å². The van der Waals surface area contributed by atoms with Gasteiger partial charge in [-0.3, -0.25) is 0 Å². The van der Waals surface area contributed by atoms with Gasteiger partial charge in [0.2, 0.25) is 0 Å². The molecular weight excluding hydrogens is 346 g/mol. The average Bonchev–Trinajstić information content (AvgIpc) is 2.46.